The SMILES string of the molecule is CN(O)C(=S)SCC=Cc1nc(-c2ccc(S(C)(=O)=O)cc2)c(-c2ccc(Cl)cc2)o1. The molecule has 0 bridgehead atoms. The first-order chi connectivity index (χ1) is 14.6. The molecule has 0 radical (unpaired) electrons. The maximum absolute atomic E-state index is 11.8. The first-order valence-corrected chi connectivity index (χ1v) is 12.6. The van der Waals surface area contributed by atoms with Crippen LogP contribution in [-0.4, -0.2) is 47.0 Å². The third kappa shape index (κ3) is 6.18. The molecule has 3 rings (SSSR count). The number of nitrogens with zero attached hydrogens (tertiary/aromatic N) is 2. The van der Waals surface area contributed by atoms with Crippen molar-refractivity contribution >= 4 is 55.8 Å². The molecule has 0 fully saturated rings. The van der Waals surface area contributed by atoms with Crippen LogP contribution in [0.2, 0.25) is 5.02 Å². The van der Waals surface area contributed by atoms with E-state index >= 15 is 0 Å². The van der Waals surface area contributed by atoms with Crippen molar-refractivity contribution in [3.63, 3.8) is 0 Å². The molecule has 0 saturated carbocycles. The van der Waals surface area contributed by atoms with Gasteiger partial charge in [-0.2, -0.15) is 0 Å². The molecule has 1 aromatic heterocycles. The second-order valence-electron chi connectivity index (χ2n) is 6.54. The number of sulfone groups is 1. The Balaban J connectivity index is 1.95. The number of benzene rings is 2. The first kappa shape index (κ1) is 23.5. The predicted molar refractivity (Wildman–Crippen MR) is 129 cm³/mol. The van der Waals surface area contributed by atoms with Crippen LogP contribution < -0.4 is 0 Å². The minimum absolute atomic E-state index is 0.231. The summed E-state index contributed by atoms with van der Waals surface area (Å²) in [5, 5.41) is 10.8. The van der Waals surface area contributed by atoms with Crippen LogP contribution in [0.15, 0.2) is 63.9 Å². The maximum atomic E-state index is 11.8. The third-order valence-electron chi connectivity index (χ3n) is 4.13. The summed E-state index contributed by atoms with van der Waals surface area (Å²) in [6, 6.07) is 13.7. The van der Waals surface area contributed by atoms with Crippen LogP contribution in [0, 0.1) is 0 Å². The Bertz CT molecular complexity index is 1200. The van der Waals surface area contributed by atoms with Gasteiger partial charge in [0, 0.05) is 35.2 Å². The minimum atomic E-state index is -3.30. The summed E-state index contributed by atoms with van der Waals surface area (Å²) in [5.41, 5.74) is 2.09. The summed E-state index contributed by atoms with van der Waals surface area (Å²) in [6.45, 7) is 0. The van der Waals surface area contributed by atoms with E-state index in [-0.39, 0.29) is 4.90 Å². The van der Waals surface area contributed by atoms with Crippen LogP contribution in [-0.2, 0) is 9.84 Å². The van der Waals surface area contributed by atoms with E-state index in [1.165, 1.54) is 25.1 Å². The summed E-state index contributed by atoms with van der Waals surface area (Å²) in [5.74, 6) is 1.46. The van der Waals surface area contributed by atoms with Gasteiger partial charge in [0.05, 0.1) is 4.90 Å². The van der Waals surface area contributed by atoms with Gasteiger partial charge in [-0.1, -0.05) is 53.8 Å². The highest BCUT2D eigenvalue weighted by molar-refractivity contribution is 8.22. The number of rotatable bonds is 6. The summed E-state index contributed by atoms with van der Waals surface area (Å²) >= 11 is 12.3. The Morgan fingerprint density at radius 1 is 1.19 bits per heavy atom. The van der Waals surface area contributed by atoms with Gasteiger partial charge in [0.15, 0.2) is 19.9 Å². The monoisotopic (exact) mass is 494 g/mol. The highest BCUT2D eigenvalue weighted by atomic mass is 35.5. The van der Waals surface area contributed by atoms with Crippen LogP contribution in [0.3, 0.4) is 0 Å². The van der Waals surface area contributed by atoms with Crippen LogP contribution in [0.25, 0.3) is 28.7 Å². The molecule has 0 aliphatic rings. The van der Waals surface area contributed by atoms with E-state index in [1.54, 1.807) is 42.5 Å². The zero-order chi connectivity index (χ0) is 22.6. The van der Waals surface area contributed by atoms with Gasteiger partial charge in [-0.15, -0.1) is 0 Å². The van der Waals surface area contributed by atoms with E-state index < -0.39 is 9.84 Å². The number of hydrogen-bond acceptors (Lipinski definition) is 7. The van der Waals surface area contributed by atoms with Gasteiger partial charge in [-0.3, -0.25) is 5.21 Å². The molecule has 0 atom stereocenters. The minimum Gasteiger partial charge on any atom is -0.436 e. The van der Waals surface area contributed by atoms with Crippen molar-refractivity contribution in [1.82, 2.24) is 10.0 Å². The van der Waals surface area contributed by atoms with E-state index in [0.717, 1.165) is 16.2 Å². The van der Waals surface area contributed by atoms with E-state index in [9.17, 15) is 13.6 Å². The number of hydrogen-bond donors (Lipinski definition) is 1. The Morgan fingerprint density at radius 3 is 2.39 bits per heavy atom. The molecular formula is C21H19ClN2O4S3. The standard InChI is InChI=1S/C21H19ClN2O4S3/c1-24(25)21(29)30-13-3-4-18-23-19(14-7-11-17(12-8-14)31(2,26)27)20(28-18)15-5-9-16(22)10-6-15/h3-12,25H,13H2,1-2H3. The van der Waals surface area contributed by atoms with Crippen LogP contribution in [0.5, 0.6) is 0 Å². The molecule has 1 N–H and O–H groups in total. The van der Waals surface area contributed by atoms with Crippen molar-refractivity contribution in [3.05, 3.63) is 65.5 Å². The quantitative estimate of drug-likeness (QED) is 0.359. The molecule has 10 heteroatoms. The van der Waals surface area contributed by atoms with Gasteiger partial charge in [0.25, 0.3) is 0 Å². The largest absolute Gasteiger partial charge is 0.436 e. The van der Waals surface area contributed by atoms with Crippen molar-refractivity contribution in [1.29, 1.82) is 0 Å². The number of oxazole rings is 1. The Morgan fingerprint density at radius 2 is 1.81 bits per heavy atom. The van der Waals surface area contributed by atoms with Crippen LogP contribution in [0.4, 0.5) is 0 Å². The summed E-state index contributed by atoms with van der Waals surface area (Å²) in [6.07, 6.45) is 4.72. The Labute approximate surface area is 195 Å². The van der Waals surface area contributed by atoms with Crippen molar-refractivity contribution in [2.45, 2.75) is 4.90 Å². The zero-order valence-corrected chi connectivity index (χ0v) is 19.9. The van der Waals surface area contributed by atoms with Gasteiger partial charge < -0.3 is 4.42 Å². The third-order valence-corrected chi connectivity index (χ3v) is 7.00. The average molecular weight is 495 g/mol. The summed E-state index contributed by atoms with van der Waals surface area (Å²) in [4.78, 5) is 4.82. The maximum Gasteiger partial charge on any atom is 0.219 e. The van der Waals surface area contributed by atoms with E-state index in [1.807, 2.05) is 18.2 Å². The smallest absolute Gasteiger partial charge is 0.219 e. The average Bonchev–Trinajstić information content (AvgIpc) is 3.15. The van der Waals surface area contributed by atoms with Crippen molar-refractivity contribution < 1.29 is 18.0 Å². The fraction of sp³-hybridized carbons (Fsp3) is 0.143. The second-order valence-corrected chi connectivity index (χ2v) is 10.6. The van der Waals surface area contributed by atoms with Gasteiger partial charge in [0.1, 0.15) is 5.69 Å². The lowest BCUT2D eigenvalue weighted by Crippen LogP contribution is -2.17. The lowest BCUT2D eigenvalue weighted by molar-refractivity contribution is 0.0205. The molecule has 0 unspecified atom stereocenters. The fourth-order valence-electron chi connectivity index (χ4n) is 2.62. The van der Waals surface area contributed by atoms with E-state index in [4.69, 9.17) is 28.2 Å². The van der Waals surface area contributed by atoms with Crippen molar-refractivity contribution in [3.8, 4) is 22.6 Å². The lowest BCUT2D eigenvalue weighted by atomic mass is 10.1. The number of halogens is 1. The van der Waals surface area contributed by atoms with Crippen molar-refractivity contribution in [2.24, 2.45) is 0 Å². The molecule has 0 amide bonds. The summed E-state index contributed by atoms with van der Waals surface area (Å²) in [7, 11) is -1.83. The normalized spacial score (nSPS) is 11.7. The number of thiocarbonyl (C=S) groups is 1. The number of hydroxylamine groups is 2. The van der Waals surface area contributed by atoms with Gasteiger partial charge >= 0.3 is 0 Å². The van der Waals surface area contributed by atoms with E-state index in [2.05, 4.69) is 4.98 Å². The molecule has 1 heterocycles. The lowest BCUT2D eigenvalue weighted by Gasteiger charge is -2.08. The molecule has 162 valence electrons. The second kappa shape index (κ2) is 9.97. The number of aromatic nitrogens is 1. The molecule has 0 aliphatic heterocycles. The van der Waals surface area contributed by atoms with Crippen LogP contribution in [0.1, 0.15) is 5.89 Å². The topological polar surface area (TPSA) is 83.6 Å². The highest BCUT2D eigenvalue weighted by Crippen LogP contribution is 2.34. The fourth-order valence-corrected chi connectivity index (χ4v) is 4.10. The molecule has 31 heavy (non-hydrogen) atoms. The molecule has 0 saturated heterocycles. The highest BCUT2D eigenvalue weighted by Gasteiger charge is 2.17. The van der Waals surface area contributed by atoms with Crippen LogP contribution >= 0.6 is 35.6 Å². The van der Waals surface area contributed by atoms with Gasteiger partial charge in [-0.25, -0.2) is 18.5 Å². The molecule has 2 aromatic carbocycles. The molecule has 0 spiro atoms. The zero-order valence-electron chi connectivity index (χ0n) is 16.6. The Kier molecular flexibility index (Phi) is 7.55. The van der Waals surface area contributed by atoms with E-state index in [0.29, 0.717) is 32.4 Å². The Hall–Kier alpha value is -2.17. The van der Waals surface area contributed by atoms with Gasteiger partial charge in [-0.05, 0) is 42.5 Å². The molecule has 0 aliphatic carbocycles. The molecular weight excluding hydrogens is 476 g/mol. The first-order valence-electron chi connectivity index (χ1n) is 8.98. The van der Waals surface area contributed by atoms with Gasteiger partial charge in [0.2, 0.25) is 5.89 Å². The van der Waals surface area contributed by atoms with Crippen molar-refractivity contribution in [2.75, 3.05) is 19.1 Å². The molecule has 3 aromatic rings. The summed E-state index contributed by atoms with van der Waals surface area (Å²) < 4.78 is 29.9. The molecule has 6 nitrogen and oxygen atoms in total. The predicted octanol–water partition coefficient (Wildman–Crippen LogP) is 5.42. The number of thioether (sulfide) groups is 1.